The van der Waals surface area contributed by atoms with Gasteiger partial charge in [0.2, 0.25) is 0 Å². The van der Waals surface area contributed by atoms with Gasteiger partial charge < -0.3 is 10.2 Å². The van der Waals surface area contributed by atoms with Gasteiger partial charge in [0, 0.05) is 30.9 Å². The monoisotopic (exact) mass is 274 g/mol. The first-order valence-corrected chi connectivity index (χ1v) is 8.29. The maximum absolute atomic E-state index is 3.78. The van der Waals surface area contributed by atoms with Crippen molar-refractivity contribution in [3.05, 3.63) is 29.8 Å². The van der Waals surface area contributed by atoms with Crippen LogP contribution in [0.3, 0.4) is 0 Å². The zero-order valence-corrected chi connectivity index (χ0v) is 13.5. The number of anilines is 1. The van der Waals surface area contributed by atoms with Crippen molar-refractivity contribution in [2.45, 2.75) is 65.6 Å². The third-order valence-corrected chi connectivity index (χ3v) is 4.96. The molecule has 0 bridgehead atoms. The lowest BCUT2D eigenvalue weighted by Crippen LogP contribution is -2.46. The molecule has 0 fully saturated rings. The van der Waals surface area contributed by atoms with Crippen molar-refractivity contribution in [1.82, 2.24) is 5.32 Å². The summed E-state index contributed by atoms with van der Waals surface area (Å²) < 4.78 is 0. The Kier molecular flexibility index (Phi) is 5.47. The molecule has 20 heavy (non-hydrogen) atoms. The third kappa shape index (κ3) is 3.17. The van der Waals surface area contributed by atoms with Crippen molar-refractivity contribution in [3.63, 3.8) is 0 Å². The Bertz CT molecular complexity index is 412. The second kappa shape index (κ2) is 7.12. The van der Waals surface area contributed by atoms with Crippen molar-refractivity contribution < 1.29 is 0 Å². The molecule has 0 radical (unpaired) electrons. The van der Waals surface area contributed by atoms with E-state index in [4.69, 9.17) is 0 Å². The van der Waals surface area contributed by atoms with E-state index < -0.39 is 0 Å². The van der Waals surface area contributed by atoms with Gasteiger partial charge in [0.25, 0.3) is 0 Å². The predicted octanol–water partition coefficient (Wildman–Crippen LogP) is 4.20. The number of benzene rings is 1. The molecule has 1 N–H and O–H groups in total. The summed E-state index contributed by atoms with van der Waals surface area (Å²) in [6.45, 7) is 11.4. The van der Waals surface area contributed by atoms with Crippen LogP contribution in [0, 0.1) is 5.92 Å². The van der Waals surface area contributed by atoms with Gasteiger partial charge in [-0.1, -0.05) is 52.3 Å². The van der Waals surface area contributed by atoms with Crippen molar-refractivity contribution in [1.29, 1.82) is 0 Å². The first-order chi connectivity index (χ1) is 9.71. The molecule has 0 saturated carbocycles. The number of nitrogens with zero attached hydrogens (tertiary/aromatic N) is 1. The lowest BCUT2D eigenvalue weighted by Gasteiger charge is -2.36. The Morgan fingerprint density at radius 2 is 1.85 bits per heavy atom. The van der Waals surface area contributed by atoms with Crippen LogP contribution >= 0.6 is 0 Å². The van der Waals surface area contributed by atoms with E-state index >= 15 is 0 Å². The van der Waals surface area contributed by atoms with E-state index in [0.717, 1.165) is 19.0 Å². The number of fused-ring (bicyclic) bond motifs is 1. The number of hydrogen-bond donors (Lipinski definition) is 1. The summed E-state index contributed by atoms with van der Waals surface area (Å²) in [5.74, 6) is 0.723. The molecule has 2 rings (SSSR count). The Morgan fingerprint density at radius 3 is 2.50 bits per heavy atom. The Morgan fingerprint density at radius 1 is 1.15 bits per heavy atom. The number of rotatable bonds is 5. The van der Waals surface area contributed by atoms with Crippen LogP contribution < -0.4 is 10.2 Å². The molecule has 0 aliphatic carbocycles. The van der Waals surface area contributed by atoms with E-state index in [1.807, 2.05) is 0 Å². The van der Waals surface area contributed by atoms with Gasteiger partial charge in [0.15, 0.2) is 0 Å². The van der Waals surface area contributed by atoms with Gasteiger partial charge in [-0.2, -0.15) is 0 Å². The molecule has 0 amide bonds. The summed E-state index contributed by atoms with van der Waals surface area (Å²) >= 11 is 0. The minimum absolute atomic E-state index is 0.591. The Hall–Kier alpha value is -1.02. The molecule has 2 unspecified atom stereocenters. The molecule has 0 spiro atoms. The molecule has 112 valence electrons. The molecule has 1 aliphatic heterocycles. The first-order valence-electron chi connectivity index (χ1n) is 8.29. The van der Waals surface area contributed by atoms with Crippen LogP contribution in [0.2, 0.25) is 0 Å². The van der Waals surface area contributed by atoms with E-state index in [1.54, 1.807) is 0 Å². The Labute approximate surface area is 124 Å². The van der Waals surface area contributed by atoms with Gasteiger partial charge in [-0.15, -0.1) is 0 Å². The fraction of sp³-hybridized carbons (Fsp3) is 0.667. The molecule has 0 aromatic heterocycles. The Balaban J connectivity index is 2.32. The topological polar surface area (TPSA) is 15.3 Å². The van der Waals surface area contributed by atoms with Gasteiger partial charge in [-0.05, 0) is 30.4 Å². The second-order valence-electron chi connectivity index (χ2n) is 6.12. The van der Waals surface area contributed by atoms with E-state index in [9.17, 15) is 0 Å². The standard InChI is InChI=1S/C18H30N2/c1-5-14(4)17-13-20(16(6-2)7-3)18-11-9-8-10-15(18)12-19-17/h8-11,14,16-17,19H,5-7,12-13H2,1-4H3. The lowest BCUT2D eigenvalue weighted by atomic mass is 9.97. The smallest absolute Gasteiger partial charge is 0.0414 e. The van der Waals surface area contributed by atoms with E-state index in [-0.39, 0.29) is 0 Å². The maximum Gasteiger partial charge on any atom is 0.0414 e. The molecule has 2 atom stereocenters. The van der Waals surface area contributed by atoms with Crippen LogP contribution in [0.1, 0.15) is 52.5 Å². The van der Waals surface area contributed by atoms with Gasteiger partial charge in [-0.25, -0.2) is 0 Å². The maximum atomic E-state index is 3.78. The zero-order chi connectivity index (χ0) is 14.5. The third-order valence-electron chi connectivity index (χ3n) is 4.96. The largest absolute Gasteiger partial charge is 0.367 e. The fourth-order valence-electron chi connectivity index (χ4n) is 3.30. The normalized spacial score (nSPS) is 20.6. The molecule has 1 aliphatic rings. The molecule has 1 aromatic carbocycles. The number of hydrogen-bond acceptors (Lipinski definition) is 2. The fourth-order valence-corrected chi connectivity index (χ4v) is 3.30. The zero-order valence-electron chi connectivity index (χ0n) is 13.5. The summed E-state index contributed by atoms with van der Waals surface area (Å²) in [5, 5.41) is 3.78. The number of para-hydroxylation sites is 1. The van der Waals surface area contributed by atoms with Gasteiger partial charge >= 0.3 is 0 Å². The highest BCUT2D eigenvalue weighted by Gasteiger charge is 2.27. The van der Waals surface area contributed by atoms with Gasteiger partial charge in [0.1, 0.15) is 0 Å². The molecular formula is C18H30N2. The summed E-state index contributed by atoms with van der Waals surface area (Å²) in [6, 6.07) is 10.2. The van der Waals surface area contributed by atoms with Crippen molar-refractivity contribution >= 4 is 5.69 Å². The second-order valence-corrected chi connectivity index (χ2v) is 6.12. The molecule has 2 heteroatoms. The average molecular weight is 274 g/mol. The van der Waals surface area contributed by atoms with Gasteiger partial charge in [-0.3, -0.25) is 0 Å². The molecule has 1 aromatic rings. The molecule has 2 nitrogen and oxygen atoms in total. The first kappa shape index (κ1) is 15.4. The van der Waals surface area contributed by atoms with Gasteiger partial charge in [0.05, 0.1) is 0 Å². The van der Waals surface area contributed by atoms with Crippen molar-refractivity contribution in [3.8, 4) is 0 Å². The summed E-state index contributed by atoms with van der Waals surface area (Å²) in [4.78, 5) is 2.66. The summed E-state index contributed by atoms with van der Waals surface area (Å²) in [7, 11) is 0. The van der Waals surface area contributed by atoms with E-state index in [1.165, 1.54) is 30.5 Å². The van der Waals surface area contributed by atoms with Crippen LogP contribution in [-0.2, 0) is 6.54 Å². The van der Waals surface area contributed by atoms with Crippen LogP contribution in [0.25, 0.3) is 0 Å². The minimum atomic E-state index is 0.591. The van der Waals surface area contributed by atoms with Crippen molar-refractivity contribution in [2.24, 2.45) is 5.92 Å². The minimum Gasteiger partial charge on any atom is -0.367 e. The highest BCUT2D eigenvalue weighted by atomic mass is 15.2. The predicted molar refractivity (Wildman–Crippen MR) is 88.2 cm³/mol. The lowest BCUT2D eigenvalue weighted by molar-refractivity contribution is 0.360. The average Bonchev–Trinajstić information content (AvgIpc) is 2.68. The summed E-state index contributed by atoms with van der Waals surface area (Å²) in [6.07, 6.45) is 3.68. The van der Waals surface area contributed by atoms with E-state index in [0.29, 0.717) is 12.1 Å². The molecular weight excluding hydrogens is 244 g/mol. The number of nitrogens with one attached hydrogen (secondary N) is 1. The molecule has 0 saturated heterocycles. The highest BCUT2D eigenvalue weighted by molar-refractivity contribution is 5.55. The quantitative estimate of drug-likeness (QED) is 0.865. The van der Waals surface area contributed by atoms with Crippen LogP contribution in [-0.4, -0.2) is 18.6 Å². The van der Waals surface area contributed by atoms with E-state index in [2.05, 4.69) is 62.2 Å². The highest BCUT2D eigenvalue weighted by Crippen LogP contribution is 2.29. The SMILES string of the molecule is CCC(C)C1CN(C(CC)CC)c2ccccc2CN1. The van der Waals surface area contributed by atoms with Crippen LogP contribution in [0.4, 0.5) is 5.69 Å². The molecule has 1 heterocycles. The van der Waals surface area contributed by atoms with Crippen LogP contribution in [0.15, 0.2) is 24.3 Å². The summed E-state index contributed by atoms with van der Waals surface area (Å²) in [5.41, 5.74) is 2.89. The van der Waals surface area contributed by atoms with Crippen molar-refractivity contribution in [2.75, 3.05) is 11.4 Å². The van der Waals surface area contributed by atoms with Crippen LogP contribution in [0.5, 0.6) is 0 Å².